The Hall–Kier alpha value is -3.21. The Kier molecular flexibility index (Phi) is 5.41. The van der Waals surface area contributed by atoms with Crippen LogP contribution in [0.1, 0.15) is 29.3 Å². The van der Waals surface area contributed by atoms with Gasteiger partial charge in [-0.25, -0.2) is 14.8 Å². The molecule has 154 valence electrons. The van der Waals surface area contributed by atoms with E-state index in [0.29, 0.717) is 16.7 Å². The first-order chi connectivity index (χ1) is 15.2. The van der Waals surface area contributed by atoms with Crippen molar-refractivity contribution in [3.8, 4) is 23.5 Å². The number of nitrogens with zero attached hydrogens (tertiary/aromatic N) is 3. The Bertz CT molecular complexity index is 1260. The highest BCUT2D eigenvalue weighted by Crippen LogP contribution is 2.34. The van der Waals surface area contributed by atoms with Gasteiger partial charge in [0.2, 0.25) is 0 Å². The number of likely N-dealkylation sites (tertiary alicyclic amines) is 1. The van der Waals surface area contributed by atoms with E-state index in [1.807, 2.05) is 10.4 Å². The van der Waals surface area contributed by atoms with E-state index in [-0.39, 0.29) is 6.03 Å². The van der Waals surface area contributed by atoms with Crippen LogP contribution >= 0.6 is 22.7 Å². The summed E-state index contributed by atoms with van der Waals surface area (Å²) < 4.78 is 1.23. The van der Waals surface area contributed by atoms with Crippen molar-refractivity contribution in [2.75, 3.05) is 18.4 Å². The number of carbonyl (C=O) groups excluding carboxylic acids is 1. The number of fused-ring (bicyclic) bond motifs is 1. The van der Waals surface area contributed by atoms with Crippen LogP contribution in [0.15, 0.2) is 53.4 Å². The smallest absolute Gasteiger partial charge is 0.323 e. The molecule has 31 heavy (non-hydrogen) atoms. The van der Waals surface area contributed by atoms with Crippen LogP contribution in [0.3, 0.4) is 0 Å². The number of hydrogen-bond acceptors (Lipinski definition) is 5. The van der Waals surface area contributed by atoms with Gasteiger partial charge in [-0.15, -0.1) is 29.1 Å². The zero-order valence-electron chi connectivity index (χ0n) is 16.7. The molecule has 2 aromatic heterocycles. The molecule has 0 aliphatic carbocycles. The Balaban J connectivity index is 1.22. The summed E-state index contributed by atoms with van der Waals surface area (Å²) >= 11 is 3.03. The van der Waals surface area contributed by atoms with E-state index in [0.717, 1.165) is 31.4 Å². The van der Waals surface area contributed by atoms with Crippen molar-refractivity contribution in [2.24, 2.45) is 0 Å². The summed E-state index contributed by atoms with van der Waals surface area (Å²) in [6.07, 6.45) is 7.24. The minimum Gasteiger partial charge on any atom is -0.324 e. The lowest BCUT2D eigenvalue weighted by atomic mass is 9.88. The van der Waals surface area contributed by atoms with Crippen LogP contribution in [0.5, 0.6) is 0 Å². The molecule has 0 saturated carbocycles. The summed E-state index contributed by atoms with van der Waals surface area (Å²) in [5.41, 5.74) is 6.72. The van der Waals surface area contributed by atoms with E-state index < -0.39 is 0 Å². The number of hydrogen-bond donors (Lipinski definition) is 1. The second-order valence-electron chi connectivity index (χ2n) is 7.50. The molecule has 2 aromatic carbocycles. The van der Waals surface area contributed by atoms with Crippen LogP contribution in [-0.4, -0.2) is 34.0 Å². The maximum Gasteiger partial charge on any atom is 0.323 e. The van der Waals surface area contributed by atoms with Gasteiger partial charge < -0.3 is 4.90 Å². The van der Waals surface area contributed by atoms with Gasteiger partial charge in [0.15, 0.2) is 5.01 Å². The number of carbonyl (C=O) groups is 1. The van der Waals surface area contributed by atoms with Gasteiger partial charge in [0.25, 0.3) is 0 Å². The first-order valence-electron chi connectivity index (χ1n) is 10.1. The summed E-state index contributed by atoms with van der Waals surface area (Å²) in [6.45, 7) is 1.45. The van der Waals surface area contributed by atoms with Gasteiger partial charge in [-0.05, 0) is 41.9 Å². The summed E-state index contributed by atoms with van der Waals surface area (Å²) in [7, 11) is 0. The maximum absolute atomic E-state index is 12.5. The highest BCUT2D eigenvalue weighted by Gasteiger charge is 2.24. The van der Waals surface area contributed by atoms with Crippen molar-refractivity contribution in [2.45, 2.75) is 18.8 Å². The molecule has 2 amide bonds. The molecule has 1 fully saturated rings. The van der Waals surface area contributed by atoms with Gasteiger partial charge >= 0.3 is 6.03 Å². The van der Waals surface area contributed by atoms with Crippen LogP contribution in [0, 0.1) is 12.3 Å². The fourth-order valence-corrected chi connectivity index (χ4v) is 5.43. The molecular weight excluding hydrogens is 424 g/mol. The Morgan fingerprint density at radius 1 is 1.13 bits per heavy atom. The van der Waals surface area contributed by atoms with Crippen molar-refractivity contribution in [3.05, 3.63) is 63.9 Å². The number of anilines is 1. The number of rotatable bonds is 3. The molecule has 5 nitrogen and oxygen atoms in total. The minimum atomic E-state index is -0.111. The Morgan fingerprint density at radius 2 is 1.94 bits per heavy atom. The van der Waals surface area contributed by atoms with Gasteiger partial charge in [0, 0.05) is 24.0 Å². The Morgan fingerprint density at radius 3 is 2.68 bits per heavy atom. The third kappa shape index (κ3) is 4.05. The van der Waals surface area contributed by atoms with E-state index >= 15 is 0 Å². The molecule has 0 atom stereocenters. The summed E-state index contributed by atoms with van der Waals surface area (Å²) in [4.78, 5) is 23.0. The monoisotopic (exact) mass is 444 g/mol. The van der Waals surface area contributed by atoms with Crippen molar-refractivity contribution >= 4 is 44.7 Å². The van der Waals surface area contributed by atoms with Crippen LogP contribution in [0.25, 0.3) is 21.3 Å². The molecule has 0 spiro atoms. The van der Waals surface area contributed by atoms with Crippen molar-refractivity contribution in [1.82, 2.24) is 14.9 Å². The SMILES string of the molecule is C#Cc1nc(NC(=O)N2CCC(c3ccc(-c4cccc5ncsc45)cc3)CC2)cs1. The van der Waals surface area contributed by atoms with E-state index in [1.54, 1.807) is 16.7 Å². The quantitative estimate of drug-likeness (QED) is 0.406. The van der Waals surface area contributed by atoms with Gasteiger partial charge in [0.05, 0.1) is 15.7 Å². The normalized spacial score (nSPS) is 14.5. The fraction of sp³-hybridized carbons (Fsp3) is 0.208. The number of amides is 2. The van der Waals surface area contributed by atoms with E-state index in [9.17, 15) is 4.79 Å². The van der Waals surface area contributed by atoms with Crippen LogP contribution in [-0.2, 0) is 0 Å². The average molecular weight is 445 g/mol. The first-order valence-corrected chi connectivity index (χ1v) is 11.9. The van der Waals surface area contributed by atoms with Gasteiger partial charge in [-0.3, -0.25) is 5.32 Å². The van der Waals surface area contributed by atoms with Crippen molar-refractivity contribution in [3.63, 3.8) is 0 Å². The van der Waals surface area contributed by atoms with Crippen LogP contribution in [0.4, 0.5) is 10.6 Å². The predicted octanol–water partition coefficient (Wildman–Crippen LogP) is 5.81. The third-order valence-electron chi connectivity index (χ3n) is 5.69. The first kappa shape index (κ1) is 19.7. The number of thiazole rings is 2. The predicted molar refractivity (Wildman–Crippen MR) is 128 cm³/mol. The molecule has 0 bridgehead atoms. The van der Waals surface area contributed by atoms with Gasteiger partial charge in [-0.1, -0.05) is 36.4 Å². The minimum absolute atomic E-state index is 0.111. The lowest BCUT2D eigenvalue weighted by Crippen LogP contribution is -2.40. The molecule has 1 aliphatic heterocycles. The van der Waals surface area contributed by atoms with Crippen LogP contribution in [0.2, 0.25) is 0 Å². The molecule has 1 N–H and O–H groups in total. The lowest BCUT2D eigenvalue weighted by molar-refractivity contribution is 0.194. The molecule has 0 unspecified atom stereocenters. The fourth-order valence-electron chi connectivity index (χ4n) is 4.05. The summed E-state index contributed by atoms with van der Waals surface area (Å²) in [5, 5.41) is 5.19. The summed E-state index contributed by atoms with van der Waals surface area (Å²) in [5.74, 6) is 3.47. The second kappa shape index (κ2) is 8.50. The lowest BCUT2D eigenvalue weighted by Gasteiger charge is -2.32. The van der Waals surface area contributed by atoms with Crippen molar-refractivity contribution < 1.29 is 4.79 Å². The molecule has 5 rings (SSSR count). The van der Waals surface area contributed by atoms with Crippen molar-refractivity contribution in [1.29, 1.82) is 0 Å². The number of benzene rings is 2. The molecule has 1 aliphatic rings. The number of terminal acetylenes is 1. The maximum atomic E-state index is 12.5. The number of nitrogens with one attached hydrogen (secondary N) is 1. The topological polar surface area (TPSA) is 58.1 Å². The largest absolute Gasteiger partial charge is 0.324 e. The average Bonchev–Trinajstić information content (AvgIpc) is 3.48. The molecule has 7 heteroatoms. The molecule has 0 radical (unpaired) electrons. The van der Waals surface area contributed by atoms with E-state index in [1.165, 1.54) is 32.7 Å². The summed E-state index contributed by atoms with van der Waals surface area (Å²) in [6, 6.07) is 15.0. The second-order valence-corrected chi connectivity index (χ2v) is 9.21. The zero-order valence-corrected chi connectivity index (χ0v) is 18.4. The molecular formula is C24H20N4OS2. The number of piperidine rings is 1. The van der Waals surface area contributed by atoms with Gasteiger partial charge in [0.1, 0.15) is 5.82 Å². The standard InChI is InChI=1S/C24H20N4OS2/c1-2-22-26-21(14-30-22)27-24(29)28-12-10-17(11-13-28)16-6-8-18(9-7-16)19-4-3-5-20-23(19)31-15-25-20/h1,3-9,14-15,17H,10-13H2,(H,27,29). The van der Waals surface area contributed by atoms with E-state index in [2.05, 4.69) is 63.7 Å². The highest BCUT2D eigenvalue weighted by atomic mass is 32.1. The van der Waals surface area contributed by atoms with E-state index in [4.69, 9.17) is 6.42 Å². The molecule has 1 saturated heterocycles. The Labute approximate surface area is 188 Å². The number of aromatic nitrogens is 2. The van der Waals surface area contributed by atoms with Crippen LogP contribution < -0.4 is 5.32 Å². The highest BCUT2D eigenvalue weighted by molar-refractivity contribution is 7.17. The molecule has 3 heterocycles. The van der Waals surface area contributed by atoms with Gasteiger partial charge in [-0.2, -0.15) is 0 Å². The zero-order chi connectivity index (χ0) is 21.2. The number of urea groups is 1. The molecule has 4 aromatic rings. The third-order valence-corrected chi connectivity index (χ3v) is 7.34.